The Morgan fingerprint density at radius 3 is 2.30 bits per heavy atom. The summed E-state index contributed by atoms with van der Waals surface area (Å²) >= 11 is 0. The van der Waals surface area contributed by atoms with E-state index in [9.17, 15) is 0 Å². The zero-order chi connectivity index (χ0) is 16.7. The highest BCUT2D eigenvalue weighted by Crippen LogP contribution is 2.30. The molecule has 3 nitrogen and oxygen atoms in total. The molecule has 0 bridgehead atoms. The van der Waals surface area contributed by atoms with Crippen LogP contribution in [0.1, 0.15) is 25.5 Å². The van der Waals surface area contributed by atoms with E-state index in [2.05, 4.69) is 54.8 Å². The fourth-order valence-corrected chi connectivity index (χ4v) is 2.75. The van der Waals surface area contributed by atoms with Gasteiger partial charge in [0.05, 0.1) is 7.11 Å². The van der Waals surface area contributed by atoms with Crippen LogP contribution >= 0.6 is 0 Å². The van der Waals surface area contributed by atoms with Crippen molar-refractivity contribution in [2.24, 2.45) is 5.92 Å². The SMILES string of the molecule is CNCC(C)CNC(C)c1ccc(-c2ccccc2OC)cc1. The van der Waals surface area contributed by atoms with E-state index in [1.54, 1.807) is 7.11 Å². The molecule has 0 spiro atoms. The second-order valence-electron chi connectivity index (χ2n) is 6.12. The molecule has 2 atom stereocenters. The van der Waals surface area contributed by atoms with Crippen molar-refractivity contribution < 1.29 is 4.74 Å². The highest BCUT2D eigenvalue weighted by Gasteiger charge is 2.09. The van der Waals surface area contributed by atoms with Crippen molar-refractivity contribution in [2.45, 2.75) is 19.9 Å². The highest BCUT2D eigenvalue weighted by atomic mass is 16.5. The molecule has 2 rings (SSSR count). The van der Waals surface area contributed by atoms with Crippen LogP contribution in [0.3, 0.4) is 0 Å². The van der Waals surface area contributed by atoms with Gasteiger partial charge in [-0.3, -0.25) is 0 Å². The zero-order valence-electron chi connectivity index (χ0n) is 14.6. The Labute approximate surface area is 140 Å². The number of ether oxygens (including phenoxy) is 1. The summed E-state index contributed by atoms with van der Waals surface area (Å²) in [6.07, 6.45) is 0. The molecule has 0 amide bonds. The molecule has 0 aliphatic carbocycles. The Bertz CT molecular complexity index is 595. The minimum Gasteiger partial charge on any atom is -0.496 e. The average molecular weight is 312 g/mol. The maximum Gasteiger partial charge on any atom is 0.126 e. The Balaban J connectivity index is 2.04. The first-order valence-electron chi connectivity index (χ1n) is 8.27. The summed E-state index contributed by atoms with van der Waals surface area (Å²) in [6.45, 7) is 6.51. The smallest absolute Gasteiger partial charge is 0.126 e. The molecule has 0 heterocycles. The Morgan fingerprint density at radius 1 is 0.957 bits per heavy atom. The predicted molar refractivity (Wildman–Crippen MR) is 97.9 cm³/mol. The van der Waals surface area contributed by atoms with Crippen LogP contribution in [0, 0.1) is 5.92 Å². The van der Waals surface area contributed by atoms with Gasteiger partial charge < -0.3 is 15.4 Å². The lowest BCUT2D eigenvalue weighted by Gasteiger charge is -2.18. The largest absolute Gasteiger partial charge is 0.496 e. The molecule has 2 aromatic carbocycles. The summed E-state index contributed by atoms with van der Waals surface area (Å²) in [5.74, 6) is 1.53. The molecule has 124 valence electrons. The second-order valence-corrected chi connectivity index (χ2v) is 6.12. The number of hydrogen-bond donors (Lipinski definition) is 2. The first-order chi connectivity index (χ1) is 11.2. The summed E-state index contributed by atoms with van der Waals surface area (Å²) in [6, 6.07) is 17.2. The van der Waals surface area contributed by atoms with Gasteiger partial charge in [-0.1, -0.05) is 49.4 Å². The third-order valence-corrected chi connectivity index (χ3v) is 4.15. The molecule has 0 aliphatic heterocycles. The Kier molecular flexibility index (Phi) is 6.63. The second kappa shape index (κ2) is 8.70. The molecule has 2 N–H and O–H groups in total. The van der Waals surface area contributed by atoms with Crippen molar-refractivity contribution in [3.8, 4) is 16.9 Å². The molecular formula is C20H28N2O. The van der Waals surface area contributed by atoms with Crippen LogP contribution in [0.15, 0.2) is 48.5 Å². The Hall–Kier alpha value is -1.84. The van der Waals surface area contributed by atoms with E-state index in [4.69, 9.17) is 4.74 Å². The van der Waals surface area contributed by atoms with Crippen molar-refractivity contribution in [1.82, 2.24) is 10.6 Å². The van der Waals surface area contributed by atoms with Crippen LogP contribution in [0.4, 0.5) is 0 Å². The molecule has 0 saturated heterocycles. The van der Waals surface area contributed by atoms with Crippen molar-refractivity contribution in [2.75, 3.05) is 27.2 Å². The van der Waals surface area contributed by atoms with Crippen molar-refractivity contribution in [3.63, 3.8) is 0 Å². The summed E-state index contributed by atoms with van der Waals surface area (Å²) in [5.41, 5.74) is 3.62. The number of methoxy groups -OCH3 is 1. The van der Waals surface area contributed by atoms with E-state index in [-0.39, 0.29) is 0 Å². The van der Waals surface area contributed by atoms with E-state index < -0.39 is 0 Å². The van der Waals surface area contributed by atoms with Gasteiger partial charge in [-0.2, -0.15) is 0 Å². The van der Waals surface area contributed by atoms with Gasteiger partial charge >= 0.3 is 0 Å². The van der Waals surface area contributed by atoms with Crippen LogP contribution in [-0.2, 0) is 0 Å². The first kappa shape index (κ1) is 17.5. The van der Waals surface area contributed by atoms with Crippen LogP contribution in [0.2, 0.25) is 0 Å². The lowest BCUT2D eigenvalue weighted by molar-refractivity contribution is 0.416. The zero-order valence-corrected chi connectivity index (χ0v) is 14.6. The standard InChI is InChI=1S/C20H28N2O/c1-15(13-21-3)14-22-16(2)17-9-11-18(12-10-17)19-7-5-6-8-20(19)23-4/h5-12,15-16,21-22H,13-14H2,1-4H3. The van der Waals surface area contributed by atoms with E-state index in [0.29, 0.717) is 12.0 Å². The summed E-state index contributed by atoms with van der Waals surface area (Å²) in [7, 11) is 3.71. The molecule has 2 aromatic rings. The molecule has 0 aliphatic rings. The summed E-state index contributed by atoms with van der Waals surface area (Å²) in [4.78, 5) is 0. The lowest BCUT2D eigenvalue weighted by atomic mass is 10.0. The minimum absolute atomic E-state index is 0.348. The van der Waals surface area contributed by atoms with Crippen molar-refractivity contribution >= 4 is 0 Å². The number of benzene rings is 2. The number of nitrogens with one attached hydrogen (secondary N) is 2. The average Bonchev–Trinajstić information content (AvgIpc) is 2.60. The van der Waals surface area contributed by atoms with Gasteiger partial charge in [-0.05, 0) is 50.2 Å². The molecule has 0 radical (unpaired) electrons. The van der Waals surface area contributed by atoms with Crippen LogP contribution in [0.25, 0.3) is 11.1 Å². The van der Waals surface area contributed by atoms with Gasteiger partial charge in [-0.15, -0.1) is 0 Å². The predicted octanol–water partition coefficient (Wildman–Crippen LogP) is 3.87. The number of hydrogen-bond acceptors (Lipinski definition) is 3. The highest BCUT2D eigenvalue weighted by molar-refractivity contribution is 5.70. The van der Waals surface area contributed by atoms with Gasteiger partial charge in [-0.25, -0.2) is 0 Å². The van der Waals surface area contributed by atoms with E-state index in [0.717, 1.165) is 24.4 Å². The third kappa shape index (κ3) is 4.81. The third-order valence-electron chi connectivity index (χ3n) is 4.15. The van der Waals surface area contributed by atoms with Gasteiger partial charge in [0.25, 0.3) is 0 Å². The van der Waals surface area contributed by atoms with Crippen molar-refractivity contribution in [3.05, 3.63) is 54.1 Å². The van der Waals surface area contributed by atoms with Gasteiger partial charge in [0.2, 0.25) is 0 Å². The minimum atomic E-state index is 0.348. The monoisotopic (exact) mass is 312 g/mol. The van der Waals surface area contributed by atoms with E-state index >= 15 is 0 Å². The maximum absolute atomic E-state index is 5.45. The topological polar surface area (TPSA) is 33.3 Å². The van der Waals surface area contributed by atoms with Crippen molar-refractivity contribution in [1.29, 1.82) is 0 Å². The van der Waals surface area contributed by atoms with Crippen LogP contribution < -0.4 is 15.4 Å². The fourth-order valence-electron chi connectivity index (χ4n) is 2.75. The van der Waals surface area contributed by atoms with Crippen LogP contribution in [-0.4, -0.2) is 27.2 Å². The van der Waals surface area contributed by atoms with Crippen LogP contribution in [0.5, 0.6) is 5.75 Å². The molecule has 0 fully saturated rings. The van der Waals surface area contributed by atoms with Gasteiger partial charge in [0.15, 0.2) is 0 Å². The number of rotatable bonds is 8. The molecule has 2 unspecified atom stereocenters. The van der Waals surface area contributed by atoms with Gasteiger partial charge in [0.1, 0.15) is 5.75 Å². The van der Waals surface area contributed by atoms with E-state index in [1.807, 2.05) is 25.2 Å². The molecule has 0 saturated carbocycles. The number of para-hydroxylation sites is 1. The van der Waals surface area contributed by atoms with E-state index in [1.165, 1.54) is 11.1 Å². The Morgan fingerprint density at radius 2 is 1.65 bits per heavy atom. The molecular weight excluding hydrogens is 284 g/mol. The fraction of sp³-hybridized carbons (Fsp3) is 0.400. The normalized spacial score (nSPS) is 13.6. The summed E-state index contributed by atoms with van der Waals surface area (Å²) in [5, 5.41) is 6.82. The molecule has 0 aromatic heterocycles. The first-order valence-corrected chi connectivity index (χ1v) is 8.27. The quantitative estimate of drug-likeness (QED) is 0.776. The van der Waals surface area contributed by atoms with Gasteiger partial charge in [0, 0.05) is 11.6 Å². The molecule has 3 heteroatoms. The summed E-state index contributed by atoms with van der Waals surface area (Å²) < 4.78 is 5.45. The maximum atomic E-state index is 5.45. The molecule has 23 heavy (non-hydrogen) atoms. The lowest BCUT2D eigenvalue weighted by Crippen LogP contribution is -2.29.